The van der Waals surface area contributed by atoms with Crippen molar-refractivity contribution < 1.29 is 14.7 Å². The fourth-order valence-corrected chi connectivity index (χ4v) is 3.42. The number of carbonyl (C=O) groups is 2. The van der Waals surface area contributed by atoms with Crippen LogP contribution in [0.5, 0.6) is 0 Å². The van der Waals surface area contributed by atoms with Gasteiger partial charge in [0, 0.05) is 23.1 Å². The Morgan fingerprint density at radius 2 is 2.00 bits per heavy atom. The van der Waals surface area contributed by atoms with Gasteiger partial charge in [-0.3, -0.25) is 9.59 Å². The number of nitrogens with one attached hydrogen (secondary N) is 1. The highest BCUT2D eigenvalue weighted by Crippen LogP contribution is 2.44. The highest BCUT2D eigenvalue weighted by molar-refractivity contribution is 7.09. The van der Waals surface area contributed by atoms with Gasteiger partial charge in [-0.05, 0) is 31.9 Å². The van der Waals surface area contributed by atoms with Crippen LogP contribution in [0.2, 0.25) is 0 Å². The molecule has 0 spiro atoms. The van der Waals surface area contributed by atoms with E-state index in [9.17, 15) is 14.7 Å². The Hall–Kier alpha value is -2.21. The van der Waals surface area contributed by atoms with E-state index in [0.717, 1.165) is 22.7 Å². The average molecular weight is 330 g/mol. The number of thiazole rings is 1. The summed E-state index contributed by atoms with van der Waals surface area (Å²) in [4.78, 5) is 27.8. The van der Waals surface area contributed by atoms with E-state index in [1.54, 1.807) is 11.3 Å². The van der Waals surface area contributed by atoms with Crippen molar-refractivity contribution in [1.29, 1.82) is 0 Å². The zero-order valence-electron chi connectivity index (χ0n) is 12.8. The van der Waals surface area contributed by atoms with Crippen LogP contribution in [-0.2, 0) is 9.59 Å². The maximum absolute atomic E-state index is 12.1. The van der Waals surface area contributed by atoms with Crippen LogP contribution in [0.4, 0.5) is 5.69 Å². The number of hydrogen-bond donors (Lipinski definition) is 2. The quantitative estimate of drug-likeness (QED) is 0.876. The summed E-state index contributed by atoms with van der Waals surface area (Å²) < 4.78 is 0. The number of amides is 1. The van der Waals surface area contributed by atoms with Crippen molar-refractivity contribution in [2.75, 3.05) is 5.32 Å². The van der Waals surface area contributed by atoms with Gasteiger partial charge in [-0.1, -0.05) is 18.6 Å². The number of hydrogen-bond acceptors (Lipinski definition) is 4. The second kappa shape index (κ2) is 6.12. The third kappa shape index (κ3) is 3.27. The Morgan fingerprint density at radius 3 is 2.48 bits per heavy atom. The minimum Gasteiger partial charge on any atom is -0.481 e. The molecular formula is C17H18N2O3S. The minimum atomic E-state index is -0.867. The third-order valence-electron chi connectivity index (χ3n) is 4.35. The summed E-state index contributed by atoms with van der Waals surface area (Å²) >= 11 is 1.60. The van der Waals surface area contributed by atoms with E-state index in [0.29, 0.717) is 18.5 Å². The second-order valence-corrected chi connectivity index (χ2v) is 7.06. The molecule has 0 aliphatic heterocycles. The molecule has 5 nitrogen and oxygen atoms in total. The third-order valence-corrected chi connectivity index (χ3v) is 5.12. The minimum absolute atomic E-state index is 0.0371. The molecule has 1 aromatic carbocycles. The summed E-state index contributed by atoms with van der Waals surface area (Å²) in [5.74, 6) is -1.11. The lowest BCUT2D eigenvalue weighted by Crippen LogP contribution is -2.41. The molecule has 1 fully saturated rings. The molecule has 6 heteroatoms. The zero-order valence-corrected chi connectivity index (χ0v) is 13.7. The maximum atomic E-state index is 12.1. The lowest BCUT2D eigenvalue weighted by Gasteiger charge is -2.36. The Balaban J connectivity index is 1.64. The first-order valence-electron chi connectivity index (χ1n) is 7.54. The first-order chi connectivity index (χ1) is 11.0. The van der Waals surface area contributed by atoms with Gasteiger partial charge in [0.1, 0.15) is 0 Å². The number of rotatable bonds is 5. The number of aromatic nitrogens is 1. The SMILES string of the molecule is Cc1nc(-c2ccc(NC(=O)CC3(C(=O)O)CCC3)cc2)cs1. The molecule has 2 N–H and O–H groups in total. The van der Waals surface area contributed by atoms with Crippen molar-refractivity contribution in [2.45, 2.75) is 32.6 Å². The summed E-state index contributed by atoms with van der Waals surface area (Å²) in [7, 11) is 0. The Kier molecular flexibility index (Phi) is 4.17. The van der Waals surface area contributed by atoms with E-state index >= 15 is 0 Å². The van der Waals surface area contributed by atoms with E-state index in [4.69, 9.17) is 0 Å². The Labute approximate surface area is 138 Å². The first-order valence-corrected chi connectivity index (χ1v) is 8.42. The summed E-state index contributed by atoms with van der Waals surface area (Å²) in [5, 5.41) is 15.1. The smallest absolute Gasteiger partial charge is 0.310 e. The van der Waals surface area contributed by atoms with Gasteiger partial charge in [0.2, 0.25) is 5.91 Å². The fraction of sp³-hybridized carbons (Fsp3) is 0.353. The molecule has 1 heterocycles. The number of anilines is 1. The highest BCUT2D eigenvalue weighted by Gasteiger charge is 2.45. The lowest BCUT2D eigenvalue weighted by molar-refractivity contribution is -0.157. The van der Waals surface area contributed by atoms with Crippen molar-refractivity contribution in [3.8, 4) is 11.3 Å². The predicted molar refractivity (Wildman–Crippen MR) is 89.5 cm³/mol. The average Bonchev–Trinajstić information content (AvgIpc) is 2.90. The molecule has 1 amide bonds. The summed E-state index contributed by atoms with van der Waals surface area (Å²) in [5.41, 5.74) is 1.73. The van der Waals surface area contributed by atoms with Crippen molar-refractivity contribution in [2.24, 2.45) is 5.41 Å². The van der Waals surface area contributed by atoms with Gasteiger partial charge in [0.05, 0.1) is 16.1 Å². The first kappa shape index (κ1) is 15.7. The number of carboxylic acids is 1. The summed E-state index contributed by atoms with van der Waals surface area (Å²) in [6, 6.07) is 7.44. The van der Waals surface area contributed by atoms with Gasteiger partial charge in [0.25, 0.3) is 0 Å². The van der Waals surface area contributed by atoms with Gasteiger partial charge >= 0.3 is 5.97 Å². The molecule has 0 atom stereocenters. The molecule has 1 aliphatic rings. The van der Waals surface area contributed by atoms with Gasteiger partial charge < -0.3 is 10.4 Å². The fourth-order valence-electron chi connectivity index (χ4n) is 2.80. The number of benzene rings is 1. The van der Waals surface area contributed by atoms with E-state index < -0.39 is 11.4 Å². The van der Waals surface area contributed by atoms with Gasteiger partial charge in [-0.15, -0.1) is 11.3 Å². The van der Waals surface area contributed by atoms with Crippen LogP contribution in [0.1, 0.15) is 30.7 Å². The van der Waals surface area contributed by atoms with Crippen LogP contribution < -0.4 is 5.32 Å². The number of aliphatic carboxylic acids is 1. The summed E-state index contributed by atoms with van der Waals surface area (Å²) in [6.07, 6.45) is 2.08. The largest absolute Gasteiger partial charge is 0.481 e. The number of carbonyl (C=O) groups excluding carboxylic acids is 1. The Morgan fingerprint density at radius 1 is 1.30 bits per heavy atom. The predicted octanol–water partition coefficient (Wildman–Crippen LogP) is 3.70. The van der Waals surface area contributed by atoms with Crippen LogP contribution >= 0.6 is 11.3 Å². The molecule has 120 valence electrons. The highest BCUT2D eigenvalue weighted by atomic mass is 32.1. The van der Waals surface area contributed by atoms with Gasteiger partial charge in [-0.2, -0.15) is 0 Å². The van der Waals surface area contributed by atoms with E-state index in [1.807, 2.05) is 36.6 Å². The molecule has 0 unspecified atom stereocenters. The van der Waals surface area contributed by atoms with Crippen molar-refractivity contribution in [3.05, 3.63) is 34.7 Å². The molecule has 23 heavy (non-hydrogen) atoms. The number of aryl methyl sites for hydroxylation is 1. The standard InChI is InChI=1S/C17H18N2O3S/c1-11-18-14(10-23-11)12-3-5-13(6-4-12)19-15(20)9-17(16(21)22)7-2-8-17/h3-6,10H,2,7-9H2,1H3,(H,19,20)(H,21,22). The van der Waals surface area contributed by atoms with Crippen LogP contribution in [0.15, 0.2) is 29.6 Å². The molecule has 1 aromatic heterocycles. The normalized spacial score (nSPS) is 15.7. The molecule has 0 radical (unpaired) electrons. The molecule has 1 aliphatic carbocycles. The second-order valence-electron chi connectivity index (χ2n) is 5.99. The van der Waals surface area contributed by atoms with E-state index in [1.165, 1.54) is 0 Å². The maximum Gasteiger partial charge on any atom is 0.310 e. The van der Waals surface area contributed by atoms with Crippen molar-refractivity contribution in [1.82, 2.24) is 4.98 Å². The molecule has 2 aromatic rings. The molecule has 0 saturated heterocycles. The van der Waals surface area contributed by atoms with Crippen LogP contribution in [0.3, 0.4) is 0 Å². The molecular weight excluding hydrogens is 312 g/mol. The lowest BCUT2D eigenvalue weighted by atomic mass is 9.66. The molecule has 1 saturated carbocycles. The number of carboxylic acid groups (broad SMARTS) is 1. The molecule has 0 bridgehead atoms. The van der Waals surface area contributed by atoms with Gasteiger partial charge in [0.15, 0.2) is 0 Å². The Bertz CT molecular complexity index is 733. The van der Waals surface area contributed by atoms with Crippen LogP contribution in [0.25, 0.3) is 11.3 Å². The monoisotopic (exact) mass is 330 g/mol. The van der Waals surface area contributed by atoms with Gasteiger partial charge in [-0.25, -0.2) is 4.98 Å². The van der Waals surface area contributed by atoms with E-state index in [-0.39, 0.29) is 12.3 Å². The van der Waals surface area contributed by atoms with Crippen LogP contribution in [0, 0.1) is 12.3 Å². The topological polar surface area (TPSA) is 79.3 Å². The van der Waals surface area contributed by atoms with Crippen molar-refractivity contribution >= 4 is 28.9 Å². The van der Waals surface area contributed by atoms with E-state index in [2.05, 4.69) is 10.3 Å². The zero-order chi connectivity index (χ0) is 16.4. The summed E-state index contributed by atoms with van der Waals surface area (Å²) in [6.45, 7) is 1.96. The van der Waals surface area contributed by atoms with Crippen LogP contribution in [-0.4, -0.2) is 22.0 Å². The van der Waals surface area contributed by atoms with Crippen molar-refractivity contribution in [3.63, 3.8) is 0 Å². The molecule has 3 rings (SSSR count). The number of nitrogens with zero attached hydrogens (tertiary/aromatic N) is 1.